The molecule has 0 atom stereocenters. The van der Waals surface area contributed by atoms with Crippen LogP contribution in [0.5, 0.6) is 0 Å². The highest BCUT2D eigenvalue weighted by Gasteiger charge is 2.44. The fourth-order valence-corrected chi connectivity index (χ4v) is 7.61. The molecule has 0 aliphatic heterocycles. The fourth-order valence-electron chi connectivity index (χ4n) is 7.61. The first-order valence-corrected chi connectivity index (χ1v) is 17.6. The number of aryl methyl sites for hydroxylation is 2. The number of rotatable bonds is 6. The topological polar surface area (TPSA) is 6.48 Å². The molecule has 2 nitrogen and oxygen atoms in total. The Bertz CT molecular complexity index is 2530. The minimum absolute atomic E-state index is 0.0811. The molecule has 0 saturated heterocycles. The molecule has 0 fully saturated rings. The van der Waals surface area contributed by atoms with Crippen molar-refractivity contribution in [3.63, 3.8) is 0 Å². The number of nitrogens with zero attached hydrogens (tertiary/aromatic N) is 2. The number of benzene rings is 6. The fraction of sp³-hybridized carbons (Fsp3) is 0.182. The molecule has 0 radical (unpaired) electrons. The van der Waals surface area contributed by atoms with Gasteiger partial charge in [0, 0.05) is 33.9 Å². The van der Waals surface area contributed by atoms with Gasteiger partial charge in [0.15, 0.2) is 23.3 Å². The predicted molar refractivity (Wildman–Crippen MR) is 198 cm³/mol. The maximum Gasteiger partial charge on any atom is 0.422 e. The van der Waals surface area contributed by atoms with Crippen molar-refractivity contribution in [2.24, 2.45) is 0 Å². The standard InChI is InChI=1S/C44H29F13N2/c1-22-15-24(42(49,50)51)19-29(17-22)58(30-18-23(2)16-25(20-30)43(52,53)54)26-9-11-27(12-10-26)59(40-38(47)36(45)35(44(55,56)57)37(46)39(40)48)28-13-14-32-31-7-5-6-8-33(31)41(3,4)34(32)21-28/h5-21H,1-4H3. The van der Waals surface area contributed by atoms with Gasteiger partial charge in [0.25, 0.3) is 0 Å². The van der Waals surface area contributed by atoms with Gasteiger partial charge in [0.2, 0.25) is 0 Å². The largest absolute Gasteiger partial charge is 0.422 e. The van der Waals surface area contributed by atoms with Crippen LogP contribution in [0, 0.1) is 37.1 Å². The van der Waals surface area contributed by atoms with Crippen LogP contribution >= 0.6 is 0 Å². The van der Waals surface area contributed by atoms with Gasteiger partial charge in [-0.1, -0.05) is 44.2 Å². The van der Waals surface area contributed by atoms with Crippen molar-refractivity contribution in [2.45, 2.75) is 51.6 Å². The summed E-state index contributed by atoms with van der Waals surface area (Å²) in [5, 5.41) is 0. The molecule has 6 aromatic rings. The zero-order valence-electron chi connectivity index (χ0n) is 31.1. The van der Waals surface area contributed by atoms with E-state index in [0.29, 0.717) is 28.2 Å². The van der Waals surface area contributed by atoms with E-state index < -0.39 is 69.6 Å². The summed E-state index contributed by atoms with van der Waals surface area (Å²) in [5.74, 6) is -10.2. The van der Waals surface area contributed by atoms with Crippen LogP contribution in [-0.4, -0.2) is 0 Å². The molecule has 0 unspecified atom stereocenters. The number of halogens is 13. The summed E-state index contributed by atoms with van der Waals surface area (Å²) >= 11 is 0. The second-order valence-corrected chi connectivity index (χ2v) is 14.7. The predicted octanol–water partition coefficient (Wildman–Crippen LogP) is 15.2. The van der Waals surface area contributed by atoms with Crippen molar-refractivity contribution in [1.82, 2.24) is 0 Å². The first-order valence-electron chi connectivity index (χ1n) is 17.6. The summed E-state index contributed by atoms with van der Waals surface area (Å²) in [6.07, 6.45) is -15.6. The van der Waals surface area contributed by atoms with Gasteiger partial charge in [0.1, 0.15) is 11.3 Å². The first kappa shape index (κ1) is 41.2. The van der Waals surface area contributed by atoms with Crippen molar-refractivity contribution in [1.29, 1.82) is 0 Å². The molecule has 7 rings (SSSR count). The van der Waals surface area contributed by atoms with Crippen molar-refractivity contribution in [2.75, 3.05) is 9.80 Å². The molecule has 0 bridgehead atoms. The first-order chi connectivity index (χ1) is 27.4. The van der Waals surface area contributed by atoms with Gasteiger partial charge in [-0.15, -0.1) is 0 Å². The van der Waals surface area contributed by atoms with Crippen molar-refractivity contribution >= 4 is 34.1 Å². The minimum atomic E-state index is -5.84. The Balaban J connectivity index is 1.46. The molecule has 1 aliphatic rings. The molecule has 59 heavy (non-hydrogen) atoms. The Kier molecular flexibility index (Phi) is 9.83. The lowest BCUT2D eigenvalue weighted by Crippen LogP contribution is -2.21. The van der Waals surface area contributed by atoms with E-state index in [0.717, 1.165) is 52.4 Å². The van der Waals surface area contributed by atoms with E-state index >= 15 is 17.6 Å². The maximum atomic E-state index is 16.0. The monoisotopic (exact) mass is 832 g/mol. The summed E-state index contributed by atoms with van der Waals surface area (Å²) in [7, 11) is 0. The van der Waals surface area contributed by atoms with E-state index in [4.69, 9.17) is 0 Å². The molecule has 15 heteroatoms. The highest BCUT2D eigenvalue weighted by atomic mass is 19.4. The maximum absolute atomic E-state index is 16.0. The Hall–Kier alpha value is -5.99. The van der Waals surface area contributed by atoms with Gasteiger partial charge >= 0.3 is 18.5 Å². The van der Waals surface area contributed by atoms with Crippen molar-refractivity contribution in [3.05, 3.63) is 165 Å². The number of alkyl halides is 9. The smallest absolute Gasteiger partial charge is 0.310 e. The molecule has 0 spiro atoms. The van der Waals surface area contributed by atoms with E-state index in [9.17, 15) is 39.5 Å². The number of fused-ring (bicyclic) bond motifs is 3. The summed E-state index contributed by atoms with van der Waals surface area (Å²) in [5.41, 5.74) is -5.23. The van der Waals surface area contributed by atoms with Crippen LogP contribution in [0.25, 0.3) is 11.1 Å². The van der Waals surface area contributed by atoms with Crippen LogP contribution in [0.3, 0.4) is 0 Å². The van der Waals surface area contributed by atoms with E-state index in [1.807, 2.05) is 26.0 Å². The van der Waals surface area contributed by atoms with Crippen molar-refractivity contribution < 1.29 is 57.1 Å². The lowest BCUT2D eigenvalue weighted by atomic mass is 9.82. The van der Waals surface area contributed by atoms with Crippen LogP contribution in [0.15, 0.2) is 103 Å². The minimum Gasteiger partial charge on any atom is -0.310 e. The quantitative estimate of drug-likeness (QED) is 0.122. The van der Waals surface area contributed by atoms with Gasteiger partial charge in [0.05, 0.1) is 11.1 Å². The van der Waals surface area contributed by atoms with E-state index in [2.05, 4.69) is 0 Å². The van der Waals surface area contributed by atoms with Gasteiger partial charge < -0.3 is 9.80 Å². The number of anilines is 6. The molecular weight excluding hydrogens is 803 g/mol. The molecule has 0 saturated carbocycles. The van der Waals surface area contributed by atoms with Crippen LogP contribution in [0.2, 0.25) is 0 Å². The summed E-state index contributed by atoms with van der Waals surface area (Å²) < 4.78 is 188. The van der Waals surface area contributed by atoms with Gasteiger partial charge in [-0.2, -0.15) is 39.5 Å². The summed E-state index contributed by atoms with van der Waals surface area (Å²) in [6.45, 7) is 6.38. The average molecular weight is 833 g/mol. The zero-order chi connectivity index (χ0) is 43.1. The highest BCUT2D eigenvalue weighted by Crippen LogP contribution is 2.52. The Morgan fingerprint density at radius 1 is 0.424 bits per heavy atom. The zero-order valence-corrected chi connectivity index (χ0v) is 31.1. The molecule has 306 valence electrons. The molecular formula is C44H29F13N2. The lowest BCUT2D eigenvalue weighted by Gasteiger charge is -2.31. The Morgan fingerprint density at radius 2 is 0.864 bits per heavy atom. The van der Waals surface area contributed by atoms with Crippen LogP contribution < -0.4 is 9.80 Å². The third kappa shape index (κ3) is 7.24. The van der Waals surface area contributed by atoms with Gasteiger partial charge in [-0.3, -0.25) is 0 Å². The molecule has 6 aromatic carbocycles. The van der Waals surface area contributed by atoms with Gasteiger partial charge in [-0.05, 0) is 120 Å². The SMILES string of the molecule is Cc1cc(N(c2ccc(N(c3ccc4c(c3)C(C)(C)c3ccccc3-4)c3c(F)c(F)c(C(F)(F)F)c(F)c3F)cc2)c2cc(C)cc(C(F)(F)F)c2)cc(C(F)(F)F)c1. The molecule has 0 N–H and O–H groups in total. The van der Waals surface area contributed by atoms with Crippen molar-refractivity contribution in [3.8, 4) is 11.1 Å². The average Bonchev–Trinajstić information content (AvgIpc) is 3.37. The van der Waals surface area contributed by atoms with E-state index in [1.165, 1.54) is 38.1 Å². The number of hydrogen-bond acceptors (Lipinski definition) is 2. The summed E-state index contributed by atoms with van der Waals surface area (Å²) in [6, 6.07) is 21.8. The lowest BCUT2D eigenvalue weighted by molar-refractivity contribution is -0.143. The molecule has 0 aromatic heterocycles. The summed E-state index contributed by atoms with van der Waals surface area (Å²) in [4.78, 5) is 1.72. The molecule has 1 aliphatic carbocycles. The normalized spacial score (nSPS) is 13.6. The Labute approximate surface area is 328 Å². The third-order valence-corrected chi connectivity index (χ3v) is 10.2. The number of hydrogen-bond donors (Lipinski definition) is 0. The van der Waals surface area contributed by atoms with E-state index in [1.54, 1.807) is 18.2 Å². The molecule has 0 heterocycles. The third-order valence-electron chi connectivity index (χ3n) is 10.2. The second-order valence-electron chi connectivity index (χ2n) is 14.7. The molecule has 0 amide bonds. The van der Waals surface area contributed by atoms with E-state index in [-0.39, 0.29) is 39.6 Å². The van der Waals surface area contributed by atoms with Crippen LogP contribution in [0.4, 0.5) is 91.2 Å². The van der Waals surface area contributed by atoms with Gasteiger partial charge in [-0.25, -0.2) is 17.6 Å². The highest BCUT2D eigenvalue weighted by molar-refractivity contribution is 5.87. The Morgan fingerprint density at radius 3 is 1.34 bits per heavy atom. The second kappa shape index (κ2) is 14.1. The van der Waals surface area contributed by atoms with Crippen LogP contribution in [-0.2, 0) is 23.9 Å². The van der Waals surface area contributed by atoms with Crippen LogP contribution in [0.1, 0.15) is 52.8 Å².